The van der Waals surface area contributed by atoms with Crippen molar-refractivity contribution in [1.82, 2.24) is 10.2 Å². The van der Waals surface area contributed by atoms with Gasteiger partial charge in [0.25, 0.3) is 0 Å². The largest absolute Gasteiger partial charge is 0.344 e. The fourth-order valence-corrected chi connectivity index (χ4v) is 2.31. The Morgan fingerprint density at radius 2 is 2.00 bits per heavy atom. The summed E-state index contributed by atoms with van der Waals surface area (Å²) in [5.74, 6) is -0.365. The predicted molar refractivity (Wildman–Crippen MR) is 73.5 cm³/mol. The van der Waals surface area contributed by atoms with Crippen molar-refractivity contribution in [2.75, 3.05) is 13.1 Å². The molecule has 0 spiro atoms. The number of nitrogens with zero attached hydrogens (tertiary/aromatic N) is 1. The Morgan fingerprint density at radius 3 is 2.65 bits per heavy atom. The highest BCUT2D eigenvalue weighted by Gasteiger charge is 2.27. The number of nitrogens with one attached hydrogen (secondary N) is 1. The van der Waals surface area contributed by atoms with Crippen LogP contribution >= 0.6 is 0 Å². The Hall–Kier alpha value is -1.91. The third-order valence-electron chi connectivity index (χ3n) is 3.55. The van der Waals surface area contributed by atoms with Gasteiger partial charge in [-0.15, -0.1) is 0 Å². The molecular weight excluding hydrogens is 259 g/mol. The van der Waals surface area contributed by atoms with E-state index in [1.54, 1.807) is 17.0 Å². The smallest absolute Gasteiger partial charge is 0.245 e. The van der Waals surface area contributed by atoms with Crippen LogP contribution in [0.2, 0.25) is 0 Å². The first kappa shape index (κ1) is 14.5. The average Bonchev–Trinajstić information content (AvgIpc) is 2.58. The van der Waals surface area contributed by atoms with Crippen molar-refractivity contribution >= 4 is 11.8 Å². The molecule has 0 bridgehead atoms. The van der Waals surface area contributed by atoms with Crippen LogP contribution in [0.4, 0.5) is 4.39 Å². The van der Waals surface area contributed by atoms with E-state index in [9.17, 15) is 14.0 Å². The third kappa shape index (κ3) is 3.56. The van der Waals surface area contributed by atoms with E-state index in [1.165, 1.54) is 12.1 Å². The zero-order chi connectivity index (χ0) is 14.5. The topological polar surface area (TPSA) is 49.4 Å². The fraction of sp³-hybridized carbons (Fsp3) is 0.467. The SMILES string of the molecule is CCC1NC(=O)CCN(CCc2ccc(F)cc2)C1=O. The van der Waals surface area contributed by atoms with Crippen molar-refractivity contribution < 1.29 is 14.0 Å². The van der Waals surface area contributed by atoms with Gasteiger partial charge in [0.2, 0.25) is 11.8 Å². The Bertz CT molecular complexity index is 487. The molecule has 20 heavy (non-hydrogen) atoms. The number of rotatable bonds is 4. The zero-order valence-electron chi connectivity index (χ0n) is 11.6. The fourth-order valence-electron chi connectivity index (χ4n) is 2.31. The van der Waals surface area contributed by atoms with E-state index in [-0.39, 0.29) is 17.6 Å². The Morgan fingerprint density at radius 1 is 1.30 bits per heavy atom. The summed E-state index contributed by atoms with van der Waals surface area (Å²) in [5, 5.41) is 2.73. The molecule has 1 aromatic carbocycles. The molecule has 108 valence electrons. The predicted octanol–water partition coefficient (Wildman–Crippen LogP) is 1.50. The van der Waals surface area contributed by atoms with Gasteiger partial charge < -0.3 is 10.2 Å². The number of benzene rings is 1. The Balaban J connectivity index is 1.98. The van der Waals surface area contributed by atoms with Gasteiger partial charge in [-0.3, -0.25) is 9.59 Å². The first-order chi connectivity index (χ1) is 9.60. The molecule has 0 radical (unpaired) electrons. The summed E-state index contributed by atoms with van der Waals surface area (Å²) in [6, 6.07) is 5.86. The Labute approximate surface area is 118 Å². The molecular formula is C15H19FN2O2. The number of hydrogen-bond donors (Lipinski definition) is 1. The van der Waals surface area contributed by atoms with Crippen LogP contribution in [0, 0.1) is 5.82 Å². The molecule has 1 heterocycles. The lowest BCUT2D eigenvalue weighted by Gasteiger charge is -2.23. The molecule has 1 aromatic rings. The minimum atomic E-state index is -0.418. The molecule has 2 rings (SSSR count). The molecule has 1 fully saturated rings. The van der Waals surface area contributed by atoms with Gasteiger partial charge in [-0.05, 0) is 30.5 Å². The van der Waals surface area contributed by atoms with E-state index in [4.69, 9.17) is 0 Å². The first-order valence-corrected chi connectivity index (χ1v) is 6.92. The van der Waals surface area contributed by atoms with Crippen LogP contribution in [0.5, 0.6) is 0 Å². The van der Waals surface area contributed by atoms with E-state index in [1.807, 2.05) is 6.92 Å². The van der Waals surface area contributed by atoms with Gasteiger partial charge in [-0.25, -0.2) is 4.39 Å². The summed E-state index contributed by atoms with van der Waals surface area (Å²) in [5.41, 5.74) is 0.982. The highest BCUT2D eigenvalue weighted by Crippen LogP contribution is 2.09. The van der Waals surface area contributed by atoms with Gasteiger partial charge in [0.15, 0.2) is 0 Å². The lowest BCUT2D eigenvalue weighted by Crippen LogP contribution is -2.44. The van der Waals surface area contributed by atoms with Crippen LogP contribution in [0.15, 0.2) is 24.3 Å². The van der Waals surface area contributed by atoms with Crippen molar-refractivity contribution in [2.24, 2.45) is 0 Å². The monoisotopic (exact) mass is 278 g/mol. The standard InChI is InChI=1S/C15H19FN2O2/c1-2-13-15(20)18(10-8-14(19)17-13)9-7-11-3-5-12(16)6-4-11/h3-6,13H,2,7-10H2,1H3,(H,17,19). The van der Waals surface area contributed by atoms with Crippen LogP contribution in [0.1, 0.15) is 25.3 Å². The van der Waals surface area contributed by atoms with Crippen molar-refractivity contribution in [2.45, 2.75) is 32.2 Å². The molecule has 2 amide bonds. The van der Waals surface area contributed by atoms with E-state index in [0.29, 0.717) is 32.4 Å². The summed E-state index contributed by atoms with van der Waals surface area (Å²) < 4.78 is 12.8. The minimum Gasteiger partial charge on any atom is -0.344 e. The maximum Gasteiger partial charge on any atom is 0.245 e. The maximum atomic E-state index is 12.8. The number of carbonyl (C=O) groups is 2. The first-order valence-electron chi connectivity index (χ1n) is 6.92. The molecule has 1 unspecified atom stereocenters. The molecule has 1 N–H and O–H groups in total. The number of amides is 2. The van der Waals surface area contributed by atoms with Gasteiger partial charge in [0.05, 0.1) is 0 Å². The summed E-state index contributed by atoms with van der Waals surface area (Å²) in [4.78, 5) is 25.5. The van der Waals surface area contributed by atoms with Crippen LogP contribution in [0.25, 0.3) is 0 Å². The van der Waals surface area contributed by atoms with Gasteiger partial charge in [-0.1, -0.05) is 19.1 Å². The molecule has 0 saturated carbocycles. The van der Waals surface area contributed by atoms with Gasteiger partial charge >= 0.3 is 0 Å². The van der Waals surface area contributed by atoms with E-state index in [2.05, 4.69) is 5.32 Å². The summed E-state index contributed by atoms with van der Waals surface area (Å²) in [7, 11) is 0. The molecule has 1 atom stereocenters. The van der Waals surface area contributed by atoms with Gasteiger partial charge in [0.1, 0.15) is 11.9 Å². The molecule has 1 saturated heterocycles. The highest BCUT2D eigenvalue weighted by atomic mass is 19.1. The lowest BCUT2D eigenvalue weighted by atomic mass is 10.1. The van der Waals surface area contributed by atoms with E-state index >= 15 is 0 Å². The van der Waals surface area contributed by atoms with Crippen LogP contribution < -0.4 is 5.32 Å². The van der Waals surface area contributed by atoms with Crippen LogP contribution in [-0.4, -0.2) is 35.8 Å². The Kier molecular flexibility index (Phi) is 4.71. The zero-order valence-corrected chi connectivity index (χ0v) is 11.6. The van der Waals surface area contributed by atoms with E-state index < -0.39 is 6.04 Å². The third-order valence-corrected chi connectivity index (χ3v) is 3.55. The highest BCUT2D eigenvalue weighted by molar-refractivity contribution is 5.89. The normalized spacial score (nSPS) is 19.7. The molecule has 1 aliphatic rings. The molecule has 0 aliphatic carbocycles. The number of hydrogen-bond acceptors (Lipinski definition) is 2. The van der Waals surface area contributed by atoms with Crippen molar-refractivity contribution in [1.29, 1.82) is 0 Å². The summed E-state index contributed by atoms with van der Waals surface area (Å²) >= 11 is 0. The summed E-state index contributed by atoms with van der Waals surface area (Å²) in [6.07, 6.45) is 1.60. The van der Waals surface area contributed by atoms with E-state index in [0.717, 1.165) is 5.56 Å². The lowest BCUT2D eigenvalue weighted by molar-refractivity contribution is -0.133. The van der Waals surface area contributed by atoms with Crippen molar-refractivity contribution in [3.8, 4) is 0 Å². The second kappa shape index (κ2) is 6.50. The van der Waals surface area contributed by atoms with Crippen molar-refractivity contribution in [3.63, 3.8) is 0 Å². The second-order valence-corrected chi connectivity index (χ2v) is 4.98. The molecule has 0 aromatic heterocycles. The molecule has 5 heteroatoms. The number of carbonyl (C=O) groups excluding carboxylic acids is 2. The van der Waals surface area contributed by atoms with Gasteiger partial charge in [0, 0.05) is 19.5 Å². The minimum absolute atomic E-state index is 0.0274. The van der Waals surface area contributed by atoms with Crippen molar-refractivity contribution in [3.05, 3.63) is 35.6 Å². The second-order valence-electron chi connectivity index (χ2n) is 4.98. The quantitative estimate of drug-likeness (QED) is 0.907. The average molecular weight is 278 g/mol. The van der Waals surface area contributed by atoms with Gasteiger partial charge in [-0.2, -0.15) is 0 Å². The number of halogens is 1. The maximum absolute atomic E-state index is 12.8. The summed E-state index contributed by atoms with van der Waals surface area (Å²) in [6.45, 7) is 2.88. The van der Waals surface area contributed by atoms with Crippen LogP contribution in [-0.2, 0) is 16.0 Å². The molecule has 4 nitrogen and oxygen atoms in total. The van der Waals surface area contributed by atoms with Crippen LogP contribution in [0.3, 0.4) is 0 Å². The molecule has 1 aliphatic heterocycles.